The van der Waals surface area contributed by atoms with Crippen molar-refractivity contribution in [3.05, 3.63) is 47.1 Å². The minimum absolute atomic E-state index is 0.602. The summed E-state index contributed by atoms with van der Waals surface area (Å²) in [7, 11) is 1.60. The van der Waals surface area contributed by atoms with Gasteiger partial charge in [-0.25, -0.2) is 0 Å². The molecular formula is C13H12ClNO. The number of pyridine rings is 1. The van der Waals surface area contributed by atoms with Gasteiger partial charge in [0, 0.05) is 11.8 Å². The van der Waals surface area contributed by atoms with Crippen LogP contribution < -0.4 is 4.74 Å². The number of ether oxygens (including phenoxy) is 1. The van der Waals surface area contributed by atoms with Gasteiger partial charge >= 0.3 is 0 Å². The van der Waals surface area contributed by atoms with Gasteiger partial charge < -0.3 is 4.74 Å². The highest BCUT2D eigenvalue weighted by Gasteiger charge is 2.06. The highest BCUT2D eigenvalue weighted by atomic mass is 35.5. The maximum Gasteiger partial charge on any atom is 0.137 e. The van der Waals surface area contributed by atoms with Crippen LogP contribution >= 0.6 is 11.6 Å². The molecule has 0 atom stereocenters. The maximum atomic E-state index is 6.08. The summed E-state index contributed by atoms with van der Waals surface area (Å²) >= 11 is 6.08. The van der Waals surface area contributed by atoms with Crippen LogP contribution in [0.4, 0.5) is 0 Å². The van der Waals surface area contributed by atoms with E-state index in [9.17, 15) is 0 Å². The summed E-state index contributed by atoms with van der Waals surface area (Å²) in [6.07, 6.45) is 1.78. The molecule has 3 heteroatoms. The molecule has 16 heavy (non-hydrogen) atoms. The zero-order valence-corrected chi connectivity index (χ0v) is 9.95. The average Bonchev–Trinajstić information content (AvgIpc) is 2.29. The standard InChI is InChI=1S/C13H12ClNO/c1-9-4-3-7-15-13(9)10-5-6-12(16-2)11(14)8-10/h3-8H,1-2H3. The Bertz CT molecular complexity index is 511. The predicted molar refractivity (Wildman–Crippen MR) is 66.0 cm³/mol. The van der Waals surface area contributed by atoms with Crippen LogP contribution in [0.3, 0.4) is 0 Å². The van der Waals surface area contributed by atoms with Gasteiger partial charge in [0.25, 0.3) is 0 Å². The van der Waals surface area contributed by atoms with Crippen LogP contribution in [0.2, 0.25) is 5.02 Å². The molecule has 2 rings (SSSR count). The molecule has 0 amide bonds. The molecule has 0 aliphatic carbocycles. The van der Waals surface area contributed by atoms with E-state index in [-0.39, 0.29) is 0 Å². The topological polar surface area (TPSA) is 22.1 Å². The smallest absolute Gasteiger partial charge is 0.137 e. The summed E-state index contributed by atoms with van der Waals surface area (Å²) in [6, 6.07) is 9.63. The van der Waals surface area contributed by atoms with E-state index in [2.05, 4.69) is 4.98 Å². The van der Waals surface area contributed by atoms with Gasteiger partial charge in [0.05, 0.1) is 17.8 Å². The number of methoxy groups -OCH3 is 1. The monoisotopic (exact) mass is 233 g/mol. The molecule has 2 nitrogen and oxygen atoms in total. The molecular weight excluding hydrogens is 222 g/mol. The maximum absolute atomic E-state index is 6.08. The summed E-state index contributed by atoms with van der Waals surface area (Å²) in [5, 5.41) is 0.602. The number of benzene rings is 1. The van der Waals surface area contributed by atoms with E-state index in [1.165, 1.54) is 0 Å². The molecule has 0 bridgehead atoms. The number of aryl methyl sites for hydroxylation is 1. The van der Waals surface area contributed by atoms with Crippen LogP contribution in [0.5, 0.6) is 5.75 Å². The van der Waals surface area contributed by atoms with Gasteiger partial charge in [-0.15, -0.1) is 0 Å². The SMILES string of the molecule is COc1ccc(-c2ncccc2C)cc1Cl. The van der Waals surface area contributed by atoms with E-state index in [1.807, 2.05) is 37.3 Å². The molecule has 0 unspecified atom stereocenters. The van der Waals surface area contributed by atoms with Crippen molar-refractivity contribution in [3.63, 3.8) is 0 Å². The molecule has 0 saturated carbocycles. The van der Waals surface area contributed by atoms with E-state index in [4.69, 9.17) is 16.3 Å². The van der Waals surface area contributed by atoms with Crippen molar-refractivity contribution in [3.8, 4) is 17.0 Å². The van der Waals surface area contributed by atoms with Gasteiger partial charge in [0.2, 0.25) is 0 Å². The van der Waals surface area contributed by atoms with Gasteiger partial charge in [-0.2, -0.15) is 0 Å². The molecule has 0 radical (unpaired) electrons. The Morgan fingerprint density at radius 1 is 1.25 bits per heavy atom. The lowest BCUT2D eigenvalue weighted by Crippen LogP contribution is -1.89. The lowest BCUT2D eigenvalue weighted by molar-refractivity contribution is 0.415. The fraction of sp³-hybridized carbons (Fsp3) is 0.154. The Balaban J connectivity index is 2.50. The van der Waals surface area contributed by atoms with E-state index in [0.29, 0.717) is 10.8 Å². The summed E-state index contributed by atoms with van der Waals surface area (Å²) in [6.45, 7) is 2.03. The number of hydrogen-bond donors (Lipinski definition) is 0. The van der Waals surface area contributed by atoms with Gasteiger partial charge in [0.1, 0.15) is 5.75 Å². The number of halogens is 1. The lowest BCUT2D eigenvalue weighted by Gasteiger charge is -2.07. The van der Waals surface area contributed by atoms with E-state index in [1.54, 1.807) is 13.3 Å². The number of hydrogen-bond acceptors (Lipinski definition) is 2. The normalized spacial score (nSPS) is 10.2. The van der Waals surface area contributed by atoms with E-state index in [0.717, 1.165) is 16.8 Å². The number of nitrogens with zero attached hydrogens (tertiary/aromatic N) is 1. The van der Waals surface area contributed by atoms with Crippen molar-refractivity contribution in [2.24, 2.45) is 0 Å². The van der Waals surface area contributed by atoms with Crippen LogP contribution in [-0.4, -0.2) is 12.1 Å². The van der Waals surface area contributed by atoms with Crippen molar-refractivity contribution in [2.45, 2.75) is 6.92 Å². The third-order valence-corrected chi connectivity index (χ3v) is 2.73. The molecule has 0 fully saturated rings. The Labute approximate surface area is 99.9 Å². The molecule has 2 aromatic rings. The number of rotatable bonds is 2. The Hall–Kier alpha value is -1.54. The minimum atomic E-state index is 0.602. The molecule has 1 heterocycles. The Morgan fingerprint density at radius 2 is 2.06 bits per heavy atom. The second kappa shape index (κ2) is 4.54. The van der Waals surface area contributed by atoms with Crippen molar-refractivity contribution in [1.82, 2.24) is 4.98 Å². The van der Waals surface area contributed by atoms with E-state index < -0.39 is 0 Å². The summed E-state index contributed by atoms with van der Waals surface area (Å²) < 4.78 is 5.11. The van der Waals surface area contributed by atoms with Crippen molar-refractivity contribution in [2.75, 3.05) is 7.11 Å². The van der Waals surface area contributed by atoms with Gasteiger partial charge in [0.15, 0.2) is 0 Å². The molecule has 0 saturated heterocycles. The van der Waals surface area contributed by atoms with Gasteiger partial charge in [-0.05, 0) is 36.8 Å². The largest absolute Gasteiger partial charge is 0.495 e. The second-order valence-corrected chi connectivity index (χ2v) is 3.93. The lowest BCUT2D eigenvalue weighted by atomic mass is 10.1. The molecule has 0 N–H and O–H groups in total. The Morgan fingerprint density at radius 3 is 2.69 bits per heavy atom. The average molecular weight is 234 g/mol. The molecule has 0 aliphatic rings. The van der Waals surface area contributed by atoms with Crippen LogP contribution in [0.1, 0.15) is 5.56 Å². The molecule has 1 aromatic heterocycles. The zero-order valence-electron chi connectivity index (χ0n) is 9.20. The first-order chi connectivity index (χ1) is 7.72. The van der Waals surface area contributed by atoms with Gasteiger partial charge in [-0.1, -0.05) is 17.7 Å². The highest BCUT2D eigenvalue weighted by Crippen LogP contribution is 2.30. The van der Waals surface area contributed by atoms with Crippen LogP contribution in [0, 0.1) is 6.92 Å². The Kier molecular flexibility index (Phi) is 3.11. The summed E-state index contributed by atoms with van der Waals surface area (Å²) in [5.74, 6) is 0.680. The predicted octanol–water partition coefficient (Wildman–Crippen LogP) is 3.72. The molecule has 0 spiro atoms. The van der Waals surface area contributed by atoms with Crippen LogP contribution in [0.25, 0.3) is 11.3 Å². The van der Waals surface area contributed by atoms with Crippen LogP contribution in [0.15, 0.2) is 36.5 Å². The molecule has 0 aliphatic heterocycles. The summed E-state index contributed by atoms with van der Waals surface area (Å²) in [4.78, 5) is 4.35. The highest BCUT2D eigenvalue weighted by molar-refractivity contribution is 6.32. The quantitative estimate of drug-likeness (QED) is 0.789. The zero-order chi connectivity index (χ0) is 11.5. The molecule has 82 valence electrons. The van der Waals surface area contributed by atoms with Crippen molar-refractivity contribution < 1.29 is 4.74 Å². The van der Waals surface area contributed by atoms with Crippen molar-refractivity contribution >= 4 is 11.6 Å². The fourth-order valence-electron chi connectivity index (χ4n) is 1.60. The fourth-order valence-corrected chi connectivity index (χ4v) is 1.86. The first-order valence-corrected chi connectivity index (χ1v) is 5.35. The minimum Gasteiger partial charge on any atom is -0.495 e. The third-order valence-electron chi connectivity index (χ3n) is 2.43. The van der Waals surface area contributed by atoms with Crippen molar-refractivity contribution in [1.29, 1.82) is 0 Å². The van der Waals surface area contributed by atoms with E-state index >= 15 is 0 Å². The second-order valence-electron chi connectivity index (χ2n) is 3.52. The van der Waals surface area contributed by atoms with Gasteiger partial charge in [-0.3, -0.25) is 4.98 Å². The first kappa shape index (κ1) is 11.0. The summed E-state index contributed by atoms with van der Waals surface area (Å²) in [5.41, 5.74) is 3.08. The first-order valence-electron chi connectivity index (χ1n) is 4.98. The van der Waals surface area contributed by atoms with Crippen LogP contribution in [-0.2, 0) is 0 Å². The molecule has 1 aromatic carbocycles. The third kappa shape index (κ3) is 2.02. The number of aromatic nitrogens is 1.